The van der Waals surface area contributed by atoms with Gasteiger partial charge < -0.3 is 5.32 Å². The molecule has 0 bridgehead atoms. The van der Waals surface area contributed by atoms with Crippen LogP contribution in [0.4, 0.5) is 4.39 Å². The summed E-state index contributed by atoms with van der Waals surface area (Å²) in [7, 11) is 2.07. The molecule has 0 unspecified atom stereocenters. The van der Waals surface area contributed by atoms with E-state index >= 15 is 0 Å². The van der Waals surface area contributed by atoms with Gasteiger partial charge >= 0.3 is 0 Å². The number of benzene rings is 1. The maximum absolute atomic E-state index is 13.2. The number of rotatable bonds is 3. The Bertz CT molecular complexity index is 358. The normalized spacial score (nSPS) is 15.8. The van der Waals surface area contributed by atoms with E-state index in [0.717, 1.165) is 25.2 Å². The fourth-order valence-corrected chi connectivity index (χ4v) is 1.89. The van der Waals surface area contributed by atoms with Gasteiger partial charge in [0, 0.05) is 25.7 Å². The average Bonchev–Trinajstić information content (AvgIpc) is 2.08. The molecular formula is C11H15BrClFN2. The first-order chi connectivity index (χ1) is 7.16. The Labute approximate surface area is 110 Å². The van der Waals surface area contributed by atoms with Gasteiger partial charge in [-0.25, -0.2) is 4.39 Å². The van der Waals surface area contributed by atoms with Crippen LogP contribution < -0.4 is 5.32 Å². The van der Waals surface area contributed by atoms with E-state index in [4.69, 9.17) is 0 Å². The van der Waals surface area contributed by atoms with Crippen molar-refractivity contribution in [3.05, 3.63) is 34.1 Å². The fraction of sp³-hybridized carbons (Fsp3) is 0.455. The van der Waals surface area contributed by atoms with Crippen LogP contribution in [0, 0.1) is 5.82 Å². The third-order valence-electron chi connectivity index (χ3n) is 2.80. The van der Waals surface area contributed by atoms with E-state index in [1.165, 1.54) is 0 Å². The number of hydrogen-bond donors (Lipinski definition) is 1. The fourth-order valence-electron chi connectivity index (χ4n) is 1.64. The van der Waals surface area contributed by atoms with Crippen molar-refractivity contribution in [2.24, 2.45) is 0 Å². The molecule has 0 aromatic heterocycles. The van der Waals surface area contributed by atoms with Gasteiger partial charge in [-0.2, -0.15) is 0 Å². The van der Waals surface area contributed by atoms with Crippen molar-refractivity contribution in [1.29, 1.82) is 0 Å². The smallest absolute Gasteiger partial charge is 0.137 e. The van der Waals surface area contributed by atoms with Crippen molar-refractivity contribution < 1.29 is 4.39 Å². The number of nitrogens with one attached hydrogen (secondary N) is 1. The minimum atomic E-state index is -0.187. The highest BCUT2D eigenvalue weighted by atomic mass is 79.9. The van der Waals surface area contributed by atoms with Crippen LogP contribution in [0.2, 0.25) is 0 Å². The largest absolute Gasteiger partial charge is 0.314 e. The molecule has 0 amide bonds. The zero-order valence-corrected chi connectivity index (χ0v) is 11.4. The van der Waals surface area contributed by atoms with Crippen molar-refractivity contribution >= 4 is 28.3 Å². The Morgan fingerprint density at radius 2 is 2.19 bits per heavy atom. The minimum Gasteiger partial charge on any atom is -0.314 e. The third kappa shape index (κ3) is 3.17. The van der Waals surface area contributed by atoms with Crippen molar-refractivity contribution in [3.63, 3.8) is 0 Å². The highest BCUT2D eigenvalue weighted by Crippen LogP contribution is 2.18. The number of halogens is 3. The molecule has 90 valence electrons. The standard InChI is InChI=1S/C11H14BrFN2.ClH/c1-15(9-5-14-6-9)7-8-2-3-10(12)11(13)4-8;/h2-4,9,14H,5-7H2,1H3;1H. The predicted molar refractivity (Wildman–Crippen MR) is 69.5 cm³/mol. The van der Waals surface area contributed by atoms with Crippen LogP contribution in [0.1, 0.15) is 5.56 Å². The van der Waals surface area contributed by atoms with E-state index < -0.39 is 0 Å². The second-order valence-electron chi connectivity index (χ2n) is 3.98. The van der Waals surface area contributed by atoms with Crippen molar-refractivity contribution in [2.45, 2.75) is 12.6 Å². The Balaban J connectivity index is 0.00000128. The average molecular weight is 310 g/mol. The monoisotopic (exact) mass is 308 g/mol. The van der Waals surface area contributed by atoms with Gasteiger partial charge in [0.05, 0.1) is 4.47 Å². The van der Waals surface area contributed by atoms with E-state index in [1.54, 1.807) is 12.1 Å². The Hall–Kier alpha value is -0.160. The number of hydrogen-bond acceptors (Lipinski definition) is 2. The Kier molecular flexibility index (Phi) is 5.18. The summed E-state index contributed by atoms with van der Waals surface area (Å²) in [6, 6.07) is 5.90. The first-order valence-corrected chi connectivity index (χ1v) is 5.81. The summed E-state index contributed by atoms with van der Waals surface area (Å²) in [6.07, 6.45) is 0. The van der Waals surface area contributed by atoms with E-state index in [1.807, 2.05) is 6.07 Å². The van der Waals surface area contributed by atoms with Crippen LogP contribution in [0.15, 0.2) is 22.7 Å². The van der Waals surface area contributed by atoms with Crippen LogP contribution in [0.5, 0.6) is 0 Å². The molecule has 0 aliphatic carbocycles. The molecule has 1 aromatic rings. The zero-order valence-electron chi connectivity index (χ0n) is 9.04. The molecule has 0 radical (unpaired) electrons. The van der Waals surface area contributed by atoms with Crippen LogP contribution >= 0.6 is 28.3 Å². The van der Waals surface area contributed by atoms with Crippen molar-refractivity contribution in [2.75, 3.05) is 20.1 Å². The Morgan fingerprint density at radius 3 is 2.69 bits per heavy atom. The maximum Gasteiger partial charge on any atom is 0.137 e. The number of likely N-dealkylation sites (N-methyl/N-ethyl adjacent to an activating group) is 1. The van der Waals surface area contributed by atoms with Gasteiger partial charge in [-0.3, -0.25) is 4.90 Å². The summed E-state index contributed by atoms with van der Waals surface area (Å²) in [4.78, 5) is 2.25. The highest BCUT2D eigenvalue weighted by Gasteiger charge is 2.21. The maximum atomic E-state index is 13.2. The lowest BCUT2D eigenvalue weighted by Gasteiger charge is -2.35. The SMILES string of the molecule is CN(Cc1ccc(Br)c(F)c1)C1CNC1.Cl. The molecule has 2 nitrogen and oxygen atoms in total. The molecule has 16 heavy (non-hydrogen) atoms. The van der Waals surface area contributed by atoms with Crippen LogP contribution in [0.3, 0.4) is 0 Å². The molecule has 1 fully saturated rings. The van der Waals surface area contributed by atoms with Gasteiger partial charge in [-0.15, -0.1) is 12.4 Å². The molecule has 1 aliphatic rings. The van der Waals surface area contributed by atoms with Gasteiger partial charge in [-0.1, -0.05) is 6.07 Å². The van der Waals surface area contributed by atoms with Crippen LogP contribution in [-0.2, 0) is 6.54 Å². The molecule has 0 saturated carbocycles. The molecule has 1 aliphatic heterocycles. The summed E-state index contributed by atoms with van der Waals surface area (Å²) in [5.74, 6) is -0.187. The quantitative estimate of drug-likeness (QED) is 0.922. The van der Waals surface area contributed by atoms with Crippen LogP contribution in [-0.4, -0.2) is 31.1 Å². The van der Waals surface area contributed by atoms with Gasteiger partial charge in [-0.05, 0) is 40.7 Å². The molecule has 2 rings (SSSR count). The van der Waals surface area contributed by atoms with E-state index in [-0.39, 0.29) is 18.2 Å². The van der Waals surface area contributed by atoms with Gasteiger partial charge in [0.2, 0.25) is 0 Å². The lowest BCUT2D eigenvalue weighted by Crippen LogP contribution is -2.55. The van der Waals surface area contributed by atoms with E-state index in [2.05, 4.69) is 33.2 Å². The topological polar surface area (TPSA) is 15.3 Å². The van der Waals surface area contributed by atoms with Crippen LogP contribution in [0.25, 0.3) is 0 Å². The van der Waals surface area contributed by atoms with Gasteiger partial charge in [0.1, 0.15) is 5.82 Å². The molecule has 0 spiro atoms. The molecule has 1 heterocycles. The second-order valence-corrected chi connectivity index (χ2v) is 4.83. The first kappa shape index (κ1) is 13.9. The molecular weight excluding hydrogens is 294 g/mol. The minimum absolute atomic E-state index is 0. The molecule has 5 heteroatoms. The summed E-state index contributed by atoms with van der Waals surface area (Å²) in [6.45, 7) is 2.88. The summed E-state index contributed by atoms with van der Waals surface area (Å²) >= 11 is 3.15. The van der Waals surface area contributed by atoms with Gasteiger partial charge in [0.25, 0.3) is 0 Å². The van der Waals surface area contributed by atoms with E-state index in [9.17, 15) is 4.39 Å². The van der Waals surface area contributed by atoms with Crippen molar-refractivity contribution in [1.82, 2.24) is 10.2 Å². The third-order valence-corrected chi connectivity index (χ3v) is 3.44. The van der Waals surface area contributed by atoms with E-state index in [0.29, 0.717) is 10.5 Å². The predicted octanol–water partition coefficient (Wildman–Crippen LogP) is 2.41. The highest BCUT2D eigenvalue weighted by molar-refractivity contribution is 9.10. The summed E-state index contributed by atoms with van der Waals surface area (Å²) in [5, 5.41) is 3.23. The molecule has 1 saturated heterocycles. The van der Waals surface area contributed by atoms with Gasteiger partial charge in [0.15, 0.2) is 0 Å². The lowest BCUT2D eigenvalue weighted by molar-refractivity contribution is 0.173. The first-order valence-electron chi connectivity index (χ1n) is 5.01. The zero-order chi connectivity index (χ0) is 10.8. The molecule has 0 atom stereocenters. The lowest BCUT2D eigenvalue weighted by atomic mass is 10.1. The van der Waals surface area contributed by atoms with Crippen molar-refractivity contribution in [3.8, 4) is 0 Å². The number of nitrogens with zero attached hydrogens (tertiary/aromatic N) is 1. The summed E-state index contributed by atoms with van der Waals surface area (Å²) < 4.78 is 13.8. The second kappa shape index (κ2) is 5.96. The summed E-state index contributed by atoms with van der Waals surface area (Å²) in [5.41, 5.74) is 1.02. The molecule has 1 N–H and O–H groups in total. The Morgan fingerprint density at radius 1 is 1.50 bits per heavy atom. The molecule has 1 aromatic carbocycles.